The van der Waals surface area contributed by atoms with E-state index in [0.717, 1.165) is 31.3 Å². The molecule has 2 saturated carbocycles. The third-order valence-electron chi connectivity index (χ3n) is 9.44. The van der Waals surface area contributed by atoms with Gasteiger partial charge in [-0.05, 0) is 92.6 Å². The van der Waals surface area contributed by atoms with Crippen LogP contribution in [0.25, 0.3) is 0 Å². The molecule has 26 heavy (non-hydrogen) atoms. The summed E-state index contributed by atoms with van der Waals surface area (Å²) in [4.78, 5) is 12.5. The molecule has 0 saturated heterocycles. The Hall–Kier alpha value is -1.05. The summed E-state index contributed by atoms with van der Waals surface area (Å²) in [5.74, 6) is 3.84. The molecule has 0 amide bonds. The van der Waals surface area contributed by atoms with Crippen LogP contribution >= 0.6 is 0 Å². The predicted octanol–water partition coefficient (Wildman–Crippen LogP) is 6.07. The average Bonchev–Trinajstić information content (AvgIpc) is 2.88. The molecule has 0 aromatic rings. The molecule has 0 radical (unpaired) electrons. The van der Waals surface area contributed by atoms with Crippen LogP contribution in [0.5, 0.6) is 0 Å². The second-order valence-corrected chi connectivity index (χ2v) is 10.1. The molecule has 2 fully saturated rings. The Morgan fingerprint density at radius 1 is 1.15 bits per heavy atom. The van der Waals surface area contributed by atoms with Gasteiger partial charge in [0.1, 0.15) is 5.78 Å². The fourth-order valence-electron chi connectivity index (χ4n) is 7.44. The second-order valence-electron chi connectivity index (χ2n) is 10.1. The maximum atomic E-state index is 12.5. The highest BCUT2D eigenvalue weighted by molar-refractivity contribution is 5.83. The fourth-order valence-corrected chi connectivity index (χ4v) is 7.44. The number of ketones is 1. The van der Waals surface area contributed by atoms with Crippen molar-refractivity contribution in [3.8, 4) is 0 Å². The molecule has 0 aromatic heterocycles. The lowest BCUT2D eigenvalue weighted by molar-refractivity contribution is -0.137. The molecule has 144 valence electrons. The van der Waals surface area contributed by atoms with E-state index in [1.54, 1.807) is 0 Å². The molecule has 0 bridgehead atoms. The lowest BCUT2D eigenvalue weighted by Gasteiger charge is -2.58. The molecule has 6 unspecified atom stereocenters. The lowest BCUT2D eigenvalue weighted by Crippen LogP contribution is -2.52. The van der Waals surface area contributed by atoms with Gasteiger partial charge in [0.15, 0.2) is 0 Å². The van der Waals surface area contributed by atoms with Crippen molar-refractivity contribution in [2.75, 3.05) is 6.61 Å². The van der Waals surface area contributed by atoms with Gasteiger partial charge in [0, 0.05) is 11.8 Å². The summed E-state index contributed by atoms with van der Waals surface area (Å²) in [6.07, 6.45) is 13.2. The van der Waals surface area contributed by atoms with Crippen LogP contribution in [0.3, 0.4) is 0 Å². The van der Waals surface area contributed by atoms with Crippen LogP contribution in [-0.2, 0) is 9.53 Å². The zero-order chi connectivity index (χ0) is 18.7. The largest absolute Gasteiger partial charge is 0.498 e. The van der Waals surface area contributed by atoms with Crippen molar-refractivity contribution < 1.29 is 9.53 Å². The molecule has 2 nitrogen and oxygen atoms in total. The quantitative estimate of drug-likeness (QED) is 0.613. The molecule has 0 N–H and O–H groups in total. The zero-order valence-electron chi connectivity index (χ0n) is 17.4. The van der Waals surface area contributed by atoms with E-state index in [9.17, 15) is 4.79 Å². The summed E-state index contributed by atoms with van der Waals surface area (Å²) in [6, 6.07) is 0. The van der Waals surface area contributed by atoms with Gasteiger partial charge in [0.05, 0.1) is 12.4 Å². The minimum Gasteiger partial charge on any atom is -0.498 e. The number of carbonyl (C=O) groups excluding carboxylic acids is 1. The Morgan fingerprint density at radius 3 is 2.58 bits per heavy atom. The van der Waals surface area contributed by atoms with Crippen molar-refractivity contribution in [1.82, 2.24) is 0 Å². The molecule has 4 aliphatic carbocycles. The number of fused-ring (bicyclic) bond motifs is 5. The van der Waals surface area contributed by atoms with Crippen LogP contribution in [0.1, 0.15) is 79.6 Å². The average molecular weight is 357 g/mol. The first-order chi connectivity index (χ1) is 12.3. The number of carbonyl (C=O) groups is 1. The smallest absolute Gasteiger partial charge is 0.136 e. The van der Waals surface area contributed by atoms with Gasteiger partial charge in [-0.2, -0.15) is 0 Å². The first-order valence-corrected chi connectivity index (χ1v) is 10.8. The molecule has 6 atom stereocenters. The van der Waals surface area contributed by atoms with Crippen molar-refractivity contribution in [2.45, 2.75) is 79.6 Å². The summed E-state index contributed by atoms with van der Waals surface area (Å²) in [6.45, 7) is 11.9. The molecule has 0 heterocycles. The third kappa shape index (κ3) is 2.26. The van der Waals surface area contributed by atoms with Crippen molar-refractivity contribution in [3.63, 3.8) is 0 Å². The Kier molecular flexibility index (Phi) is 4.21. The van der Waals surface area contributed by atoms with Crippen LogP contribution < -0.4 is 0 Å². The van der Waals surface area contributed by atoms with Crippen LogP contribution in [0.2, 0.25) is 0 Å². The summed E-state index contributed by atoms with van der Waals surface area (Å²) in [5, 5.41) is 0. The second kappa shape index (κ2) is 5.97. The van der Waals surface area contributed by atoms with Gasteiger partial charge in [-0.15, -0.1) is 0 Å². The summed E-state index contributed by atoms with van der Waals surface area (Å²) >= 11 is 0. The van der Waals surface area contributed by atoms with Gasteiger partial charge in [0.25, 0.3) is 0 Å². The molecule has 4 rings (SSSR count). The van der Waals surface area contributed by atoms with Gasteiger partial charge in [0.2, 0.25) is 0 Å². The zero-order valence-corrected chi connectivity index (χ0v) is 17.4. The van der Waals surface area contributed by atoms with Crippen molar-refractivity contribution in [3.05, 3.63) is 23.5 Å². The number of hydrogen-bond donors (Lipinski definition) is 0. The minimum absolute atomic E-state index is 0.109. The number of rotatable bonds is 3. The Balaban J connectivity index is 1.67. The van der Waals surface area contributed by atoms with Crippen molar-refractivity contribution in [2.24, 2.45) is 34.0 Å². The van der Waals surface area contributed by atoms with E-state index in [1.807, 2.05) is 6.92 Å². The summed E-state index contributed by atoms with van der Waals surface area (Å²) in [7, 11) is 0. The first kappa shape index (κ1) is 18.3. The summed E-state index contributed by atoms with van der Waals surface area (Å²) < 4.78 is 5.83. The fraction of sp³-hybridized carbons (Fsp3) is 0.792. The van der Waals surface area contributed by atoms with Gasteiger partial charge in [-0.3, -0.25) is 4.79 Å². The number of allylic oxidation sites excluding steroid dienone is 4. The molecular formula is C24H36O2. The van der Waals surface area contributed by atoms with Crippen molar-refractivity contribution >= 4 is 5.78 Å². The number of ether oxygens (including phenoxy) is 1. The first-order valence-electron chi connectivity index (χ1n) is 10.8. The third-order valence-corrected chi connectivity index (χ3v) is 9.44. The van der Waals surface area contributed by atoms with Crippen LogP contribution in [0.15, 0.2) is 23.5 Å². The van der Waals surface area contributed by atoms with Gasteiger partial charge in [-0.1, -0.05) is 26.8 Å². The number of hydrogen-bond acceptors (Lipinski definition) is 2. The van der Waals surface area contributed by atoms with E-state index >= 15 is 0 Å². The van der Waals surface area contributed by atoms with Crippen LogP contribution in [-0.4, -0.2) is 12.4 Å². The highest BCUT2D eigenvalue weighted by atomic mass is 16.5. The topological polar surface area (TPSA) is 26.3 Å². The molecule has 0 spiro atoms. The highest BCUT2D eigenvalue weighted by Gasteiger charge is 2.63. The molecule has 0 aliphatic heterocycles. The maximum absolute atomic E-state index is 12.5. The molecular weight excluding hydrogens is 320 g/mol. The van der Waals surface area contributed by atoms with E-state index in [-0.39, 0.29) is 10.8 Å². The van der Waals surface area contributed by atoms with E-state index < -0.39 is 0 Å². The lowest BCUT2D eigenvalue weighted by atomic mass is 9.46. The van der Waals surface area contributed by atoms with Crippen LogP contribution in [0.4, 0.5) is 0 Å². The monoisotopic (exact) mass is 356 g/mol. The van der Waals surface area contributed by atoms with E-state index in [0.29, 0.717) is 17.1 Å². The van der Waals surface area contributed by atoms with Gasteiger partial charge < -0.3 is 4.74 Å². The highest BCUT2D eigenvalue weighted by Crippen LogP contribution is 2.69. The maximum Gasteiger partial charge on any atom is 0.136 e. The van der Waals surface area contributed by atoms with E-state index in [2.05, 4.69) is 39.8 Å². The molecule has 4 aliphatic rings. The van der Waals surface area contributed by atoms with Gasteiger partial charge >= 0.3 is 0 Å². The minimum atomic E-state index is -0.109. The van der Waals surface area contributed by atoms with Crippen molar-refractivity contribution in [1.29, 1.82) is 0 Å². The number of Topliss-reactive ketones (excluding diaryl/α,β-unsaturated/α-hetero) is 1. The van der Waals surface area contributed by atoms with Gasteiger partial charge in [-0.25, -0.2) is 0 Å². The van der Waals surface area contributed by atoms with E-state index in [1.165, 1.54) is 43.4 Å². The SMILES string of the molecule is CCOC1=CC2=CCC3C(CCC4(C)C3CCC4(C)C(C)=O)C2(C)CC1. The molecule has 2 heteroatoms. The predicted molar refractivity (Wildman–Crippen MR) is 106 cm³/mol. The Labute approximate surface area is 159 Å². The Bertz CT molecular complexity index is 674. The molecule has 0 aromatic carbocycles. The Morgan fingerprint density at radius 2 is 1.88 bits per heavy atom. The normalized spacial score (nSPS) is 47.2. The standard InChI is InChI=1S/C24H36O2/c1-6-26-18-9-12-22(3)17(15-18)7-8-19-20(22)10-14-24(5)21(19)11-13-23(24,4)16(2)25/h7,15,19-21H,6,8-14H2,1-5H3. The van der Waals surface area contributed by atoms with Crippen LogP contribution in [0, 0.1) is 34.0 Å². The van der Waals surface area contributed by atoms with E-state index in [4.69, 9.17) is 4.74 Å². The summed E-state index contributed by atoms with van der Waals surface area (Å²) in [5.41, 5.74) is 1.93.